The molecule has 1 saturated heterocycles. The van der Waals surface area contributed by atoms with Crippen LogP contribution in [0, 0.1) is 5.92 Å². The van der Waals surface area contributed by atoms with E-state index >= 15 is 0 Å². The Morgan fingerprint density at radius 3 is 2.06 bits per heavy atom. The molecule has 1 aliphatic carbocycles. The van der Waals surface area contributed by atoms with Gasteiger partial charge in [-0.25, -0.2) is 0 Å². The van der Waals surface area contributed by atoms with Crippen molar-refractivity contribution in [2.45, 2.75) is 57.5 Å². The van der Waals surface area contributed by atoms with Gasteiger partial charge in [-0.15, -0.1) is 0 Å². The lowest BCUT2D eigenvalue weighted by Gasteiger charge is -2.29. The Morgan fingerprint density at radius 1 is 1.00 bits per heavy atom. The van der Waals surface area contributed by atoms with Crippen molar-refractivity contribution in [2.75, 3.05) is 6.54 Å². The molecule has 0 spiro atoms. The van der Waals surface area contributed by atoms with Crippen molar-refractivity contribution in [2.24, 2.45) is 5.92 Å². The van der Waals surface area contributed by atoms with Crippen LogP contribution in [0.15, 0.2) is 0 Å². The van der Waals surface area contributed by atoms with Crippen LogP contribution >= 0.6 is 0 Å². The van der Waals surface area contributed by atoms with Crippen LogP contribution in [-0.4, -0.2) is 34.5 Å². The third-order valence-corrected chi connectivity index (χ3v) is 3.89. The zero-order valence-electron chi connectivity index (χ0n) is 10.2. The molecule has 1 N–H and O–H groups in total. The lowest BCUT2D eigenvalue weighted by Crippen LogP contribution is -2.40. The van der Waals surface area contributed by atoms with Crippen molar-refractivity contribution in [3.05, 3.63) is 0 Å². The number of imide groups is 1. The van der Waals surface area contributed by atoms with E-state index in [4.69, 9.17) is 0 Å². The van der Waals surface area contributed by atoms with Crippen LogP contribution in [-0.2, 0) is 9.59 Å². The van der Waals surface area contributed by atoms with Gasteiger partial charge in [0.05, 0.1) is 6.10 Å². The van der Waals surface area contributed by atoms with Gasteiger partial charge in [-0.05, 0) is 44.4 Å². The molecule has 0 atom stereocenters. The van der Waals surface area contributed by atoms with Gasteiger partial charge in [-0.3, -0.25) is 14.5 Å². The number of hydrogen-bond donors (Lipinski definition) is 1. The predicted molar refractivity (Wildman–Crippen MR) is 63.2 cm³/mol. The molecule has 0 radical (unpaired) electrons. The Hall–Kier alpha value is -0.900. The predicted octanol–water partition coefficient (Wildman–Crippen LogP) is 1.47. The molecule has 0 aromatic heterocycles. The lowest BCUT2D eigenvalue weighted by atomic mass is 9.87. The van der Waals surface area contributed by atoms with Crippen LogP contribution < -0.4 is 0 Å². The number of hydrogen-bond acceptors (Lipinski definition) is 3. The fraction of sp³-hybridized carbons (Fsp3) is 0.846. The molecule has 17 heavy (non-hydrogen) atoms. The topological polar surface area (TPSA) is 57.6 Å². The van der Waals surface area contributed by atoms with Gasteiger partial charge in [0.15, 0.2) is 0 Å². The third kappa shape index (κ3) is 3.28. The summed E-state index contributed by atoms with van der Waals surface area (Å²) in [6.07, 6.45) is 6.00. The summed E-state index contributed by atoms with van der Waals surface area (Å²) in [5.74, 6) is 0.390. The highest BCUT2D eigenvalue weighted by molar-refractivity contribution is 5.96. The number of rotatable bonds is 2. The quantitative estimate of drug-likeness (QED) is 0.742. The van der Waals surface area contributed by atoms with E-state index in [0.717, 1.165) is 38.5 Å². The second kappa shape index (κ2) is 5.63. The van der Waals surface area contributed by atoms with Crippen molar-refractivity contribution >= 4 is 11.8 Å². The van der Waals surface area contributed by atoms with E-state index in [1.165, 1.54) is 4.90 Å². The van der Waals surface area contributed by atoms with Gasteiger partial charge in [0.25, 0.3) is 0 Å². The first kappa shape index (κ1) is 12.6. The van der Waals surface area contributed by atoms with Crippen LogP contribution in [0.1, 0.15) is 51.4 Å². The summed E-state index contributed by atoms with van der Waals surface area (Å²) in [6.45, 7) is 0.574. The number of likely N-dealkylation sites (tertiary alicyclic amines) is 1. The number of carbonyl (C=O) groups excluding carboxylic acids is 2. The fourth-order valence-electron chi connectivity index (χ4n) is 2.75. The monoisotopic (exact) mass is 239 g/mol. The van der Waals surface area contributed by atoms with E-state index in [1.807, 2.05) is 0 Å². The second-order valence-electron chi connectivity index (χ2n) is 5.28. The Balaban J connectivity index is 1.91. The first-order valence-corrected chi connectivity index (χ1v) is 6.68. The average Bonchev–Trinajstić information content (AvgIpc) is 2.47. The molecule has 0 aromatic rings. The molecule has 2 rings (SSSR count). The van der Waals surface area contributed by atoms with Crippen molar-refractivity contribution in [3.8, 4) is 0 Å². The van der Waals surface area contributed by atoms with Crippen molar-refractivity contribution in [1.82, 2.24) is 4.90 Å². The van der Waals surface area contributed by atoms with E-state index in [0.29, 0.717) is 25.3 Å². The summed E-state index contributed by atoms with van der Waals surface area (Å²) in [7, 11) is 0. The Morgan fingerprint density at radius 2 is 1.53 bits per heavy atom. The highest BCUT2D eigenvalue weighted by Gasteiger charge is 2.28. The second-order valence-corrected chi connectivity index (χ2v) is 5.28. The molecular weight excluding hydrogens is 218 g/mol. The van der Waals surface area contributed by atoms with Gasteiger partial charge in [0.2, 0.25) is 11.8 Å². The van der Waals surface area contributed by atoms with E-state index in [2.05, 4.69) is 0 Å². The minimum absolute atomic E-state index is 0.00128. The van der Waals surface area contributed by atoms with Crippen LogP contribution in [0.4, 0.5) is 0 Å². The lowest BCUT2D eigenvalue weighted by molar-refractivity contribution is -0.144. The molecule has 2 aliphatic rings. The molecule has 1 heterocycles. The summed E-state index contributed by atoms with van der Waals surface area (Å²) < 4.78 is 0. The number of amides is 2. The molecule has 1 aliphatic heterocycles. The molecule has 0 aromatic carbocycles. The van der Waals surface area contributed by atoms with E-state index in [1.54, 1.807) is 0 Å². The minimum Gasteiger partial charge on any atom is -0.393 e. The van der Waals surface area contributed by atoms with Gasteiger partial charge < -0.3 is 5.11 Å². The summed E-state index contributed by atoms with van der Waals surface area (Å²) in [5, 5.41) is 9.43. The van der Waals surface area contributed by atoms with E-state index in [-0.39, 0.29) is 17.9 Å². The molecular formula is C13H21NO3. The molecule has 96 valence electrons. The van der Waals surface area contributed by atoms with Gasteiger partial charge in [0, 0.05) is 19.4 Å². The number of carbonyl (C=O) groups is 2. The standard InChI is InChI=1S/C13H21NO3/c15-11-7-5-10(6-8-11)9-14-12(16)3-1-2-4-13(14)17/h10-11,15H,1-9H2. The maximum absolute atomic E-state index is 11.8. The molecule has 4 heteroatoms. The number of nitrogens with zero attached hydrogens (tertiary/aromatic N) is 1. The van der Waals surface area contributed by atoms with Gasteiger partial charge >= 0.3 is 0 Å². The maximum atomic E-state index is 11.8. The summed E-state index contributed by atoms with van der Waals surface area (Å²) in [5.41, 5.74) is 0. The van der Waals surface area contributed by atoms with Gasteiger partial charge in [-0.1, -0.05) is 0 Å². The SMILES string of the molecule is O=C1CCCCC(=O)N1CC1CCC(O)CC1. The summed E-state index contributed by atoms with van der Waals surface area (Å²) in [4.78, 5) is 25.1. The van der Waals surface area contributed by atoms with E-state index < -0.39 is 0 Å². The smallest absolute Gasteiger partial charge is 0.229 e. The molecule has 4 nitrogen and oxygen atoms in total. The fourth-order valence-corrected chi connectivity index (χ4v) is 2.75. The van der Waals surface area contributed by atoms with Gasteiger partial charge in [0.1, 0.15) is 0 Å². The normalized spacial score (nSPS) is 31.5. The first-order valence-electron chi connectivity index (χ1n) is 6.68. The zero-order chi connectivity index (χ0) is 12.3. The van der Waals surface area contributed by atoms with Crippen molar-refractivity contribution < 1.29 is 14.7 Å². The van der Waals surface area contributed by atoms with Crippen molar-refractivity contribution in [1.29, 1.82) is 0 Å². The van der Waals surface area contributed by atoms with E-state index in [9.17, 15) is 14.7 Å². The molecule has 1 saturated carbocycles. The molecule has 2 amide bonds. The Kier molecular flexibility index (Phi) is 4.15. The summed E-state index contributed by atoms with van der Waals surface area (Å²) in [6, 6.07) is 0. The first-order chi connectivity index (χ1) is 8.16. The largest absolute Gasteiger partial charge is 0.393 e. The highest BCUT2D eigenvalue weighted by atomic mass is 16.3. The molecule has 2 fully saturated rings. The van der Waals surface area contributed by atoms with Gasteiger partial charge in [-0.2, -0.15) is 0 Å². The minimum atomic E-state index is -0.179. The number of aliphatic hydroxyl groups is 1. The maximum Gasteiger partial charge on any atom is 0.229 e. The van der Waals surface area contributed by atoms with Crippen LogP contribution in [0.5, 0.6) is 0 Å². The van der Waals surface area contributed by atoms with Crippen LogP contribution in [0.2, 0.25) is 0 Å². The Labute approximate surface area is 102 Å². The summed E-state index contributed by atoms with van der Waals surface area (Å²) >= 11 is 0. The highest BCUT2D eigenvalue weighted by Crippen LogP contribution is 2.26. The third-order valence-electron chi connectivity index (χ3n) is 3.89. The number of aliphatic hydroxyl groups excluding tert-OH is 1. The molecule has 0 unspecified atom stereocenters. The average molecular weight is 239 g/mol. The van der Waals surface area contributed by atoms with Crippen LogP contribution in [0.25, 0.3) is 0 Å². The zero-order valence-corrected chi connectivity index (χ0v) is 10.2. The van der Waals surface area contributed by atoms with Crippen LogP contribution in [0.3, 0.4) is 0 Å². The van der Waals surface area contributed by atoms with Crippen molar-refractivity contribution in [3.63, 3.8) is 0 Å². The molecule has 0 bridgehead atoms. The Bertz CT molecular complexity index is 277.